The van der Waals surface area contributed by atoms with Gasteiger partial charge in [0.05, 0.1) is 13.2 Å². The second kappa shape index (κ2) is 9.26. The summed E-state index contributed by atoms with van der Waals surface area (Å²) in [7, 11) is 1.90. The van der Waals surface area contributed by atoms with Crippen LogP contribution < -0.4 is 5.32 Å². The maximum Gasteiger partial charge on any atom is 0.222 e. The van der Waals surface area contributed by atoms with E-state index in [1.807, 2.05) is 36.2 Å². The zero-order chi connectivity index (χ0) is 14.4. The molecule has 118 valence electrons. The van der Waals surface area contributed by atoms with Crippen molar-refractivity contribution >= 4 is 29.9 Å². The van der Waals surface area contributed by atoms with E-state index < -0.39 is 0 Å². The molecule has 21 heavy (non-hydrogen) atoms. The number of benzene rings is 1. The Labute approximate surface area is 137 Å². The molecule has 1 saturated heterocycles. The molecule has 2 rings (SSSR count). The van der Waals surface area contributed by atoms with Gasteiger partial charge in [0.25, 0.3) is 0 Å². The lowest BCUT2D eigenvalue weighted by Gasteiger charge is -2.33. The van der Waals surface area contributed by atoms with Crippen LogP contribution in [0.3, 0.4) is 0 Å². The largest absolute Gasteiger partial charge is 0.370 e. The van der Waals surface area contributed by atoms with Crippen molar-refractivity contribution in [1.82, 2.24) is 10.2 Å². The van der Waals surface area contributed by atoms with Gasteiger partial charge < -0.3 is 15.0 Å². The molecule has 1 aliphatic rings. The molecule has 1 amide bonds. The smallest absolute Gasteiger partial charge is 0.222 e. The highest BCUT2D eigenvalue weighted by atomic mass is 35.5. The number of hydrogen-bond donors (Lipinski definition) is 1. The molecule has 1 heterocycles. The molecule has 0 spiro atoms. The van der Waals surface area contributed by atoms with Gasteiger partial charge in [-0.1, -0.05) is 29.8 Å². The Kier molecular flexibility index (Phi) is 8.04. The lowest BCUT2D eigenvalue weighted by atomic mass is 10.1. The molecular formula is C15H22Cl2N2O2. The van der Waals surface area contributed by atoms with Crippen LogP contribution in [-0.2, 0) is 9.53 Å². The van der Waals surface area contributed by atoms with Gasteiger partial charge in [-0.2, -0.15) is 0 Å². The summed E-state index contributed by atoms with van der Waals surface area (Å²) >= 11 is 6.20. The summed E-state index contributed by atoms with van der Waals surface area (Å²) in [6.45, 7) is 2.68. The number of halogens is 2. The van der Waals surface area contributed by atoms with E-state index in [0.29, 0.717) is 31.1 Å². The molecule has 0 bridgehead atoms. The van der Waals surface area contributed by atoms with E-state index in [2.05, 4.69) is 5.32 Å². The quantitative estimate of drug-likeness (QED) is 0.843. The van der Waals surface area contributed by atoms with Crippen LogP contribution in [0.1, 0.15) is 24.5 Å². The predicted octanol–water partition coefficient (Wildman–Crippen LogP) is 2.66. The topological polar surface area (TPSA) is 41.6 Å². The maximum atomic E-state index is 12.1. The van der Waals surface area contributed by atoms with Gasteiger partial charge in [-0.05, 0) is 26.1 Å². The van der Waals surface area contributed by atoms with E-state index in [9.17, 15) is 4.79 Å². The molecule has 0 aromatic heterocycles. The zero-order valence-electron chi connectivity index (χ0n) is 12.2. The minimum atomic E-state index is -0.120. The summed E-state index contributed by atoms with van der Waals surface area (Å²) < 4.78 is 5.76. The standard InChI is InChI=1S/C15H21ClN2O2.ClH/c1-17-8-4-7-15(19)18-9-10-20-14(11-18)12-5-2-3-6-13(12)16;/h2-3,5-6,14,17H,4,7-11H2,1H3;1H. The molecule has 1 unspecified atom stereocenters. The number of morpholine rings is 1. The average Bonchev–Trinajstić information content (AvgIpc) is 2.48. The van der Waals surface area contributed by atoms with Crippen LogP contribution in [-0.4, -0.2) is 44.1 Å². The maximum absolute atomic E-state index is 12.1. The van der Waals surface area contributed by atoms with Crippen molar-refractivity contribution in [2.24, 2.45) is 0 Å². The van der Waals surface area contributed by atoms with Crippen LogP contribution in [0.4, 0.5) is 0 Å². The normalized spacial score (nSPS) is 18.2. The molecule has 1 aromatic carbocycles. The number of nitrogens with zero attached hydrogens (tertiary/aromatic N) is 1. The Bertz CT molecular complexity index is 457. The third-order valence-corrected chi connectivity index (χ3v) is 3.83. The first-order valence-corrected chi connectivity index (χ1v) is 7.38. The van der Waals surface area contributed by atoms with E-state index in [-0.39, 0.29) is 24.4 Å². The van der Waals surface area contributed by atoms with Gasteiger partial charge in [-0.15, -0.1) is 12.4 Å². The van der Waals surface area contributed by atoms with Crippen LogP contribution in [0, 0.1) is 0 Å². The molecule has 1 aromatic rings. The molecule has 0 saturated carbocycles. The Morgan fingerprint density at radius 3 is 2.95 bits per heavy atom. The van der Waals surface area contributed by atoms with E-state index in [4.69, 9.17) is 16.3 Å². The number of ether oxygens (including phenoxy) is 1. The molecule has 6 heteroatoms. The van der Waals surface area contributed by atoms with E-state index in [1.54, 1.807) is 0 Å². The number of carbonyl (C=O) groups is 1. The number of hydrogen-bond acceptors (Lipinski definition) is 3. The summed E-state index contributed by atoms with van der Waals surface area (Å²) in [6.07, 6.45) is 1.32. The first kappa shape index (κ1) is 18.2. The second-order valence-corrected chi connectivity index (χ2v) is 5.34. The summed E-state index contributed by atoms with van der Waals surface area (Å²) in [6, 6.07) is 7.66. The molecular weight excluding hydrogens is 311 g/mol. The summed E-state index contributed by atoms with van der Waals surface area (Å²) in [5.41, 5.74) is 0.960. The third kappa shape index (κ3) is 5.15. The molecule has 1 fully saturated rings. The third-order valence-electron chi connectivity index (χ3n) is 3.49. The minimum absolute atomic E-state index is 0. The van der Waals surface area contributed by atoms with Crippen LogP contribution in [0.15, 0.2) is 24.3 Å². The van der Waals surface area contributed by atoms with Crippen molar-refractivity contribution in [2.75, 3.05) is 33.3 Å². The van der Waals surface area contributed by atoms with Crippen molar-refractivity contribution in [2.45, 2.75) is 18.9 Å². The number of nitrogens with one attached hydrogen (secondary N) is 1. The van der Waals surface area contributed by atoms with Crippen molar-refractivity contribution in [3.8, 4) is 0 Å². The van der Waals surface area contributed by atoms with Gasteiger partial charge in [0.1, 0.15) is 6.10 Å². The monoisotopic (exact) mass is 332 g/mol. The van der Waals surface area contributed by atoms with Gasteiger partial charge in [0.2, 0.25) is 5.91 Å². The molecule has 1 aliphatic heterocycles. The molecule has 4 nitrogen and oxygen atoms in total. The fraction of sp³-hybridized carbons (Fsp3) is 0.533. The Hall–Kier alpha value is -0.810. The SMILES string of the molecule is CNCCCC(=O)N1CCOC(c2ccccc2Cl)C1.Cl. The summed E-state index contributed by atoms with van der Waals surface area (Å²) in [4.78, 5) is 14.0. The zero-order valence-corrected chi connectivity index (χ0v) is 13.8. The minimum Gasteiger partial charge on any atom is -0.370 e. The fourth-order valence-electron chi connectivity index (χ4n) is 2.37. The van der Waals surface area contributed by atoms with Crippen molar-refractivity contribution in [3.05, 3.63) is 34.9 Å². The first-order chi connectivity index (χ1) is 9.72. The van der Waals surface area contributed by atoms with Crippen molar-refractivity contribution in [3.63, 3.8) is 0 Å². The lowest BCUT2D eigenvalue weighted by Crippen LogP contribution is -2.42. The van der Waals surface area contributed by atoms with Gasteiger partial charge >= 0.3 is 0 Å². The van der Waals surface area contributed by atoms with Crippen molar-refractivity contribution in [1.29, 1.82) is 0 Å². The lowest BCUT2D eigenvalue weighted by molar-refractivity contribution is -0.139. The highest BCUT2D eigenvalue weighted by molar-refractivity contribution is 6.31. The Balaban J connectivity index is 0.00000220. The molecule has 1 N–H and O–H groups in total. The first-order valence-electron chi connectivity index (χ1n) is 7.00. The summed E-state index contributed by atoms with van der Waals surface area (Å²) in [5.74, 6) is 0.195. The van der Waals surface area contributed by atoms with Gasteiger partial charge in [-0.3, -0.25) is 4.79 Å². The second-order valence-electron chi connectivity index (χ2n) is 4.93. The summed E-state index contributed by atoms with van der Waals surface area (Å²) in [5, 5.41) is 3.75. The van der Waals surface area contributed by atoms with Gasteiger partial charge in [-0.25, -0.2) is 0 Å². The highest BCUT2D eigenvalue weighted by Gasteiger charge is 2.26. The molecule has 0 aliphatic carbocycles. The fourth-order valence-corrected chi connectivity index (χ4v) is 2.63. The van der Waals surface area contributed by atoms with Crippen LogP contribution >= 0.6 is 24.0 Å². The average molecular weight is 333 g/mol. The number of amides is 1. The van der Waals surface area contributed by atoms with E-state index in [0.717, 1.165) is 18.5 Å². The molecule has 0 radical (unpaired) electrons. The Morgan fingerprint density at radius 2 is 2.24 bits per heavy atom. The van der Waals surface area contributed by atoms with Gasteiger partial charge in [0.15, 0.2) is 0 Å². The Morgan fingerprint density at radius 1 is 1.48 bits per heavy atom. The van der Waals surface area contributed by atoms with Gasteiger partial charge in [0, 0.05) is 23.6 Å². The van der Waals surface area contributed by atoms with Crippen LogP contribution in [0.25, 0.3) is 0 Å². The van der Waals surface area contributed by atoms with Crippen LogP contribution in [0.2, 0.25) is 5.02 Å². The number of rotatable bonds is 5. The highest BCUT2D eigenvalue weighted by Crippen LogP contribution is 2.28. The molecule has 1 atom stereocenters. The number of carbonyl (C=O) groups excluding carboxylic acids is 1. The van der Waals surface area contributed by atoms with E-state index >= 15 is 0 Å². The van der Waals surface area contributed by atoms with Crippen molar-refractivity contribution < 1.29 is 9.53 Å². The van der Waals surface area contributed by atoms with Crippen LogP contribution in [0.5, 0.6) is 0 Å². The predicted molar refractivity (Wildman–Crippen MR) is 87.1 cm³/mol. The van der Waals surface area contributed by atoms with E-state index in [1.165, 1.54) is 0 Å².